The SMILES string of the molecule is O=C(c1cccc(CN2CCCSCCNCCSCCC2)c1)N1CCCNCCNCCCNCC1. The smallest absolute Gasteiger partial charge is 0.253 e. The summed E-state index contributed by atoms with van der Waals surface area (Å²) in [5, 5.41) is 14.0. The lowest BCUT2D eigenvalue weighted by Gasteiger charge is -2.25. The third-order valence-corrected chi connectivity index (χ3v) is 8.91. The standard InChI is InChI=1S/C28H50N6OS2/c35-28(34-18-3-10-30-12-11-29-8-2-9-31-13-19-34)27-7-1-6-26(24-27)25-33-16-4-20-36-22-14-32-15-23-37-21-5-17-33/h1,6-7,24,29-32H,2-5,8-23,25H2. The van der Waals surface area contributed by atoms with Crippen LogP contribution in [-0.4, -0.2) is 117 Å². The lowest BCUT2D eigenvalue weighted by Crippen LogP contribution is -2.40. The maximum Gasteiger partial charge on any atom is 0.253 e. The van der Waals surface area contributed by atoms with Crippen molar-refractivity contribution in [3.8, 4) is 0 Å². The van der Waals surface area contributed by atoms with Gasteiger partial charge in [-0.05, 0) is 87.6 Å². The normalized spacial score (nSPS) is 22.0. The van der Waals surface area contributed by atoms with Crippen molar-refractivity contribution in [3.05, 3.63) is 35.4 Å². The van der Waals surface area contributed by atoms with Crippen LogP contribution in [0.5, 0.6) is 0 Å². The first-order chi connectivity index (χ1) is 18.3. The van der Waals surface area contributed by atoms with Gasteiger partial charge >= 0.3 is 0 Å². The second-order valence-corrected chi connectivity index (χ2v) is 12.4. The molecule has 1 aromatic rings. The van der Waals surface area contributed by atoms with Crippen molar-refractivity contribution in [2.45, 2.75) is 32.2 Å². The van der Waals surface area contributed by atoms with E-state index in [0.29, 0.717) is 0 Å². The first kappa shape index (κ1) is 30.7. The maximum atomic E-state index is 13.5. The van der Waals surface area contributed by atoms with Gasteiger partial charge in [0.25, 0.3) is 5.91 Å². The zero-order valence-electron chi connectivity index (χ0n) is 22.8. The molecule has 210 valence electrons. The highest BCUT2D eigenvalue weighted by atomic mass is 32.2. The van der Waals surface area contributed by atoms with Crippen molar-refractivity contribution in [2.24, 2.45) is 0 Å². The zero-order chi connectivity index (χ0) is 25.8. The molecule has 2 aliphatic rings. The minimum absolute atomic E-state index is 0.167. The molecule has 0 aromatic heterocycles. The molecular weight excluding hydrogens is 500 g/mol. The molecule has 0 radical (unpaired) electrons. The van der Waals surface area contributed by atoms with Crippen molar-refractivity contribution in [3.63, 3.8) is 0 Å². The highest BCUT2D eigenvalue weighted by molar-refractivity contribution is 7.99. The molecule has 0 bridgehead atoms. The second kappa shape index (κ2) is 20.1. The molecule has 3 rings (SSSR count). The molecular formula is C28H50N6OS2. The topological polar surface area (TPSA) is 71.7 Å². The van der Waals surface area contributed by atoms with Gasteiger partial charge in [0.05, 0.1) is 0 Å². The van der Waals surface area contributed by atoms with Crippen molar-refractivity contribution < 1.29 is 4.79 Å². The summed E-state index contributed by atoms with van der Waals surface area (Å²) in [6.45, 7) is 12.8. The summed E-state index contributed by atoms with van der Waals surface area (Å²) in [5.74, 6) is 5.02. The second-order valence-electron chi connectivity index (χ2n) is 9.91. The van der Waals surface area contributed by atoms with E-state index in [1.807, 2.05) is 11.0 Å². The highest BCUT2D eigenvalue weighted by Gasteiger charge is 2.16. The summed E-state index contributed by atoms with van der Waals surface area (Å²) in [5.41, 5.74) is 2.09. The van der Waals surface area contributed by atoms with Crippen LogP contribution >= 0.6 is 23.5 Å². The third-order valence-electron chi connectivity index (χ3n) is 6.77. The van der Waals surface area contributed by atoms with Gasteiger partial charge in [0.2, 0.25) is 0 Å². The van der Waals surface area contributed by atoms with Crippen LogP contribution in [-0.2, 0) is 6.54 Å². The van der Waals surface area contributed by atoms with Gasteiger partial charge in [0.1, 0.15) is 0 Å². The predicted molar refractivity (Wildman–Crippen MR) is 162 cm³/mol. The highest BCUT2D eigenvalue weighted by Crippen LogP contribution is 2.14. The van der Waals surface area contributed by atoms with Gasteiger partial charge in [-0.1, -0.05) is 12.1 Å². The number of nitrogens with zero attached hydrogens (tertiary/aromatic N) is 2. The molecule has 0 spiro atoms. The van der Waals surface area contributed by atoms with Crippen molar-refractivity contribution in [1.29, 1.82) is 0 Å². The van der Waals surface area contributed by atoms with Crippen LogP contribution in [0.25, 0.3) is 0 Å². The third kappa shape index (κ3) is 13.7. The van der Waals surface area contributed by atoms with Crippen molar-refractivity contribution >= 4 is 29.4 Å². The molecule has 4 N–H and O–H groups in total. The minimum Gasteiger partial charge on any atom is -0.337 e. The molecule has 0 atom stereocenters. The summed E-state index contributed by atoms with van der Waals surface area (Å²) in [7, 11) is 0. The Morgan fingerprint density at radius 1 is 0.676 bits per heavy atom. The molecule has 9 heteroatoms. The Bertz CT molecular complexity index is 712. The summed E-state index contributed by atoms with van der Waals surface area (Å²) in [6, 6.07) is 8.41. The van der Waals surface area contributed by atoms with Gasteiger partial charge in [0.15, 0.2) is 0 Å². The van der Waals surface area contributed by atoms with Crippen LogP contribution in [0.3, 0.4) is 0 Å². The minimum atomic E-state index is 0.167. The number of nitrogens with one attached hydrogen (secondary N) is 4. The fourth-order valence-corrected chi connectivity index (χ4v) is 6.38. The summed E-state index contributed by atoms with van der Waals surface area (Å²) >= 11 is 4.12. The molecule has 1 amide bonds. The number of carbonyl (C=O) groups is 1. The summed E-state index contributed by atoms with van der Waals surface area (Å²) in [4.78, 5) is 18.2. The van der Waals surface area contributed by atoms with Gasteiger partial charge < -0.3 is 26.2 Å². The molecule has 0 aliphatic carbocycles. The monoisotopic (exact) mass is 550 g/mol. The van der Waals surface area contributed by atoms with Crippen LogP contribution in [0, 0.1) is 0 Å². The molecule has 0 saturated carbocycles. The lowest BCUT2D eigenvalue weighted by molar-refractivity contribution is 0.0754. The number of amides is 1. The number of hydrogen-bond donors (Lipinski definition) is 4. The van der Waals surface area contributed by atoms with Gasteiger partial charge in [-0.2, -0.15) is 23.5 Å². The number of rotatable bonds is 3. The Balaban J connectivity index is 1.56. The molecule has 2 fully saturated rings. The van der Waals surface area contributed by atoms with Crippen LogP contribution < -0.4 is 21.3 Å². The number of benzene rings is 1. The Morgan fingerprint density at radius 2 is 1.32 bits per heavy atom. The zero-order valence-corrected chi connectivity index (χ0v) is 24.4. The molecule has 37 heavy (non-hydrogen) atoms. The largest absolute Gasteiger partial charge is 0.337 e. The van der Waals surface area contributed by atoms with E-state index in [4.69, 9.17) is 0 Å². The van der Waals surface area contributed by atoms with E-state index in [1.165, 1.54) is 41.4 Å². The quantitative estimate of drug-likeness (QED) is 0.457. The van der Waals surface area contributed by atoms with E-state index in [-0.39, 0.29) is 5.91 Å². The Hall–Kier alpha value is -0.810. The number of hydrogen-bond acceptors (Lipinski definition) is 8. The number of carbonyl (C=O) groups excluding carboxylic acids is 1. The first-order valence-corrected chi connectivity index (χ1v) is 16.7. The van der Waals surface area contributed by atoms with Gasteiger partial charge in [-0.3, -0.25) is 9.69 Å². The van der Waals surface area contributed by atoms with E-state index in [9.17, 15) is 4.79 Å². The van der Waals surface area contributed by atoms with Crippen LogP contribution in [0.1, 0.15) is 41.6 Å². The molecule has 2 heterocycles. The lowest BCUT2D eigenvalue weighted by atomic mass is 10.1. The number of thioether (sulfide) groups is 2. The van der Waals surface area contributed by atoms with Crippen molar-refractivity contribution in [1.82, 2.24) is 31.1 Å². The van der Waals surface area contributed by atoms with Gasteiger partial charge in [-0.25, -0.2) is 0 Å². The summed E-state index contributed by atoms with van der Waals surface area (Å²) in [6.07, 6.45) is 4.54. The molecule has 2 saturated heterocycles. The Morgan fingerprint density at radius 3 is 2.05 bits per heavy atom. The van der Waals surface area contributed by atoms with Crippen LogP contribution in [0.2, 0.25) is 0 Å². The Kier molecular flexibility index (Phi) is 16.7. The van der Waals surface area contributed by atoms with E-state index in [2.05, 4.69) is 67.9 Å². The molecule has 1 aromatic carbocycles. The summed E-state index contributed by atoms with van der Waals surface area (Å²) < 4.78 is 0. The van der Waals surface area contributed by atoms with Gasteiger partial charge in [-0.15, -0.1) is 0 Å². The van der Waals surface area contributed by atoms with E-state index in [1.54, 1.807) is 0 Å². The molecule has 2 aliphatic heterocycles. The van der Waals surface area contributed by atoms with Gasteiger partial charge in [0, 0.05) is 69.4 Å². The Labute approximate surface area is 234 Å². The van der Waals surface area contributed by atoms with Crippen LogP contribution in [0.15, 0.2) is 24.3 Å². The first-order valence-electron chi connectivity index (χ1n) is 14.4. The fraction of sp³-hybridized carbons (Fsp3) is 0.750. The average molecular weight is 551 g/mol. The molecule has 7 nitrogen and oxygen atoms in total. The van der Waals surface area contributed by atoms with E-state index < -0.39 is 0 Å². The maximum absolute atomic E-state index is 13.5. The predicted octanol–water partition coefficient (Wildman–Crippen LogP) is 2.34. The average Bonchev–Trinajstić information content (AvgIpc) is 2.91. The van der Waals surface area contributed by atoms with Crippen molar-refractivity contribution in [2.75, 3.05) is 102 Å². The van der Waals surface area contributed by atoms with Crippen LogP contribution in [0.4, 0.5) is 0 Å². The fourth-order valence-electron chi connectivity index (χ4n) is 4.73. The van der Waals surface area contributed by atoms with E-state index in [0.717, 1.165) is 103 Å². The van der Waals surface area contributed by atoms with E-state index >= 15 is 0 Å². The molecule has 0 unspecified atom stereocenters.